The third-order valence-corrected chi connectivity index (χ3v) is 4.69. The van der Waals surface area contributed by atoms with Gasteiger partial charge >= 0.3 is 11.9 Å². The Morgan fingerprint density at radius 1 is 1.00 bits per heavy atom. The van der Waals surface area contributed by atoms with Crippen molar-refractivity contribution in [2.24, 2.45) is 0 Å². The molecule has 1 amide bonds. The summed E-state index contributed by atoms with van der Waals surface area (Å²) < 4.78 is 10.3. The van der Waals surface area contributed by atoms with E-state index in [-0.39, 0.29) is 12.5 Å². The molecule has 1 N–H and O–H groups in total. The van der Waals surface area contributed by atoms with Gasteiger partial charge in [-0.15, -0.1) is 0 Å². The SMILES string of the molecule is COC(=O)c1c(COC(=O)c2ccc(CNC(C)=O)cc2)nc2ccccc2c1C. The molecular weight excluding hydrogens is 384 g/mol. The van der Waals surface area contributed by atoms with Crippen LogP contribution in [0.3, 0.4) is 0 Å². The van der Waals surface area contributed by atoms with Gasteiger partial charge in [0.1, 0.15) is 6.61 Å². The molecule has 0 radical (unpaired) electrons. The van der Waals surface area contributed by atoms with Crippen LogP contribution in [0.1, 0.15) is 44.5 Å². The Kier molecular flexibility index (Phi) is 6.41. The molecule has 0 saturated heterocycles. The molecule has 154 valence electrons. The second-order valence-corrected chi connectivity index (χ2v) is 6.75. The van der Waals surface area contributed by atoms with Crippen molar-refractivity contribution in [3.8, 4) is 0 Å². The highest BCUT2D eigenvalue weighted by molar-refractivity contribution is 5.98. The number of aryl methyl sites for hydroxylation is 1. The number of amides is 1. The highest BCUT2D eigenvalue weighted by atomic mass is 16.5. The van der Waals surface area contributed by atoms with Crippen molar-refractivity contribution in [3.63, 3.8) is 0 Å². The normalized spacial score (nSPS) is 10.5. The van der Waals surface area contributed by atoms with Gasteiger partial charge in [0.25, 0.3) is 0 Å². The van der Waals surface area contributed by atoms with Gasteiger partial charge in [0.05, 0.1) is 29.4 Å². The first-order valence-corrected chi connectivity index (χ1v) is 9.37. The number of methoxy groups -OCH3 is 1. The van der Waals surface area contributed by atoms with Crippen LogP contribution < -0.4 is 5.32 Å². The lowest BCUT2D eigenvalue weighted by atomic mass is 10.0. The zero-order valence-corrected chi connectivity index (χ0v) is 17.0. The molecule has 0 spiro atoms. The molecule has 0 atom stereocenters. The molecule has 3 aromatic rings. The number of rotatable bonds is 6. The number of aromatic nitrogens is 1. The molecule has 1 heterocycles. The van der Waals surface area contributed by atoms with Crippen LogP contribution in [0, 0.1) is 6.92 Å². The van der Waals surface area contributed by atoms with Gasteiger partial charge in [0, 0.05) is 18.9 Å². The molecule has 1 aromatic heterocycles. The molecule has 30 heavy (non-hydrogen) atoms. The number of fused-ring (bicyclic) bond motifs is 1. The summed E-state index contributed by atoms with van der Waals surface area (Å²) in [5.41, 5.74) is 3.29. The summed E-state index contributed by atoms with van der Waals surface area (Å²) in [6.07, 6.45) is 0. The van der Waals surface area contributed by atoms with Crippen LogP contribution in [-0.4, -0.2) is 29.9 Å². The number of nitrogens with one attached hydrogen (secondary N) is 1. The number of hydrogen-bond donors (Lipinski definition) is 1. The average Bonchev–Trinajstić information content (AvgIpc) is 2.76. The molecule has 0 unspecified atom stereocenters. The van der Waals surface area contributed by atoms with E-state index in [0.717, 1.165) is 16.5 Å². The van der Waals surface area contributed by atoms with E-state index in [0.29, 0.717) is 28.9 Å². The van der Waals surface area contributed by atoms with Crippen LogP contribution in [0.25, 0.3) is 10.9 Å². The standard InChI is InChI=1S/C23H22N2O5/c1-14-18-6-4-5-7-19(18)25-20(21(14)23(28)29-3)13-30-22(27)17-10-8-16(9-11-17)12-24-15(2)26/h4-11H,12-13H2,1-3H3,(H,24,26). The third-order valence-electron chi connectivity index (χ3n) is 4.69. The maximum atomic E-state index is 12.5. The maximum Gasteiger partial charge on any atom is 0.340 e. The Morgan fingerprint density at radius 3 is 2.37 bits per heavy atom. The summed E-state index contributed by atoms with van der Waals surface area (Å²) in [7, 11) is 1.30. The number of hydrogen-bond acceptors (Lipinski definition) is 6. The summed E-state index contributed by atoms with van der Waals surface area (Å²) in [6.45, 7) is 3.47. The number of carbonyl (C=O) groups is 3. The molecule has 7 nitrogen and oxygen atoms in total. The Bertz CT molecular complexity index is 1110. The molecule has 0 saturated carbocycles. The zero-order chi connectivity index (χ0) is 21.7. The van der Waals surface area contributed by atoms with E-state index >= 15 is 0 Å². The lowest BCUT2D eigenvalue weighted by molar-refractivity contribution is -0.119. The topological polar surface area (TPSA) is 94.6 Å². The molecule has 0 aliphatic carbocycles. The molecule has 0 aliphatic rings. The van der Waals surface area contributed by atoms with E-state index in [4.69, 9.17) is 9.47 Å². The van der Waals surface area contributed by atoms with E-state index in [1.165, 1.54) is 14.0 Å². The zero-order valence-electron chi connectivity index (χ0n) is 17.0. The van der Waals surface area contributed by atoms with Crippen LogP contribution >= 0.6 is 0 Å². The predicted molar refractivity (Wildman–Crippen MR) is 111 cm³/mol. The molecule has 2 aromatic carbocycles. The van der Waals surface area contributed by atoms with Crippen LogP contribution in [0.15, 0.2) is 48.5 Å². The average molecular weight is 406 g/mol. The Balaban J connectivity index is 1.80. The molecule has 0 fully saturated rings. The largest absolute Gasteiger partial charge is 0.465 e. The van der Waals surface area contributed by atoms with Gasteiger partial charge in [0.15, 0.2) is 0 Å². The fourth-order valence-electron chi connectivity index (χ4n) is 3.12. The van der Waals surface area contributed by atoms with Gasteiger partial charge in [-0.1, -0.05) is 30.3 Å². The fourth-order valence-corrected chi connectivity index (χ4v) is 3.12. The van der Waals surface area contributed by atoms with Gasteiger partial charge in [-0.05, 0) is 36.2 Å². The summed E-state index contributed by atoms with van der Waals surface area (Å²) in [6, 6.07) is 14.2. The van der Waals surface area contributed by atoms with Crippen LogP contribution in [0.2, 0.25) is 0 Å². The Morgan fingerprint density at radius 2 is 1.70 bits per heavy atom. The number of esters is 2. The quantitative estimate of drug-likeness (QED) is 0.631. The monoisotopic (exact) mass is 406 g/mol. The summed E-state index contributed by atoms with van der Waals surface area (Å²) >= 11 is 0. The van der Waals surface area contributed by atoms with Crippen molar-refractivity contribution in [3.05, 3.63) is 76.5 Å². The van der Waals surface area contributed by atoms with E-state index in [2.05, 4.69) is 10.3 Å². The number of benzene rings is 2. The van der Waals surface area contributed by atoms with Crippen molar-refractivity contribution in [1.29, 1.82) is 0 Å². The fraction of sp³-hybridized carbons (Fsp3) is 0.217. The summed E-state index contributed by atoms with van der Waals surface area (Å²) in [5, 5.41) is 3.53. The second kappa shape index (κ2) is 9.17. The second-order valence-electron chi connectivity index (χ2n) is 6.75. The van der Waals surface area contributed by atoms with Crippen molar-refractivity contribution in [1.82, 2.24) is 10.3 Å². The molecular formula is C23H22N2O5. The maximum absolute atomic E-state index is 12.5. The first-order chi connectivity index (χ1) is 14.4. The highest BCUT2D eigenvalue weighted by Gasteiger charge is 2.20. The Labute approximate surface area is 174 Å². The van der Waals surface area contributed by atoms with Crippen LogP contribution in [0.5, 0.6) is 0 Å². The third kappa shape index (κ3) is 4.63. The van der Waals surface area contributed by atoms with E-state index in [1.807, 2.05) is 31.2 Å². The summed E-state index contributed by atoms with van der Waals surface area (Å²) in [5.74, 6) is -1.19. The number of ether oxygens (including phenoxy) is 2. The van der Waals surface area contributed by atoms with Gasteiger partial charge in [-0.25, -0.2) is 14.6 Å². The van der Waals surface area contributed by atoms with Crippen molar-refractivity contribution >= 4 is 28.7 Å². The number of pyridine rings is 1. The minimum atomic E-state index is -0.537. The minimum Gasteiger partial charge on any atom is -0.465 e. The van der Waals surface area contributed by atoms with Gasteiger partial charge in [0.2, 0.25) is 5.91 Å². The smallest absolute Gasteiger partial charge is 0.340 e. The first-order valence-electron chi connectivity index (χ1n) is 9.37. The van der Waals surface area contributed by atoms with Crippen molar-refractivity contribution in [2.45, 2.75) is 27.0 Å². The predicted octanol–water partition coefficient (Wildman–Crippen LogP) is 3.32. The first kappa shape index (κ1) is 21.0. The summed E-state index contributed by atoms with van der Waals surface area (Å²) in [4.78, 5) is 40.3. The lowest BCUT2D eigenvalue weighted by Gasteiger charge is -2.13. The van der Waals surface area contributed by atoms with Gasteiger partial charge in [-0.3, -0.25) is 4.79 Å². The van der Waals surface area contributed by atoms with Gasteiger partial charge in [-0.2, -0.15) is 0 Å². The number of carbonyl (C=O) groups excluding carboxylic acids is 3. The lowest BCUT2D eigenvalue weighted by Crippen LogP contribution is -2.18. The highest BCUT2D eigenvalue weighted by Crippen LogP contribution is 2.24. The van der Waals surface area contributed by atoms with E-state index < -0.39 is 11.9 Å². The van der Waals surface area contributed by atoms with Gasteiger partial charge < -0.3 is 14.8 Å². The van der Waals surface area contributed by atoms with Crippen molar-refractivity contribution < 1.29 is 23.9 Å². The molecule has 0 aliphatic heterocycles. The van der Waals surface area contributed by atoms with Crippen LogP contribution in [0.4, 0.5) is 0 Å². The Hall–Kier alpha value is -3.74. The molecule has 7 heteroatoms. The number of nitrogens with zero attached hydrogens (tertiary/aromatic N) is 1. The molecule has 0 bridgehead atoms. The van der Waals surface area contributed by atoms with E-state index in [9.17, 15) is 14.4 Å². The molecule has 3 rings (SSSR count). The van der Waals surface area contributed by atoms with Crippen molar-refractivity contribution in [2.75, 3.05) is 7.11 Å². The number of para-hydroxylation sites is 1. The van der Waals surface area contributed by atoms with Crippen LogP contribution in [-0.2, 0) is 27.4 Å². The minimum absolute atomic E-state index is 0.127. The van der Waals surface area contributed by atoms with E-state index in [1.54, 1.807) is 24.3 Å².